The van der Waals surface area contributed by atoms with E-state index in [0.29, 0.717) is 52.6 Å². The lowest BCUT2D eigenvalue weighted by Crippen LogP contribution is -2.07. The molecule has 2 N–H and O–H groups in total. The molecule has 0 fully saturated rings. The molecule has 0 bridgehead atoms. The summed E-state index contributed by atoms with van der Waals surface area (Å²) in [4.78, 5) is 18.0. The number of anilines is 1. The first-order chi connectivity index (χ1) is 18.0. The standard InChI is InChI=1S/C28H22BrClN4O2S/c29-23-17-32-34-27(15-25(33-28(23)34)22-3-1-2-4-24(22)30)31-16-19-7-5-18(6-8-19)9-14-26(35)20-10-12-21(37-36)13-11-20/h1-8,10-13,15,17,31,36H,9,14,16H2. The first-order valence-corrected chi connectivity index (χ1v) is 13.5. The van der Waals surface area contributed by atoms with Gasteiger partial charge in [0.1, 0.15) is 5.82 Å². The Hall–Kier alpha value is -3.17. The Balaban J connectivity index is 1.26. The van der Waals surface area contributed by atoms with Crippen LogP contribution >= 0.6 is 39.6 Å². The summed E-state index contributed by atoms with van der Waals surface area (Å²) in [5.74, 6) is 0.882. The summed E-state index contributed by atoms with van der Waals surface area (Å²) in [6.45, 7) is 0.590. The molecule has 186 valence electrons. The van der Waals surface area contributed by atoms with Crippen molar-refractivity contribution in [3.63, 3.8) is 0 Å². The molecule has 2 heterocycles. The van der Waals surface area contributed by atoms with Crippen LogP contribution in [0.4, 0.5) is 5.82 Å². The summed E-state index contributed by atoms with van der Waals surface area (Å²) in [6, 6.07) is 24.8. The van der Waals surface area contributed by atoms with Crippen LogP contribution in [0.2, 0.25) is 5.02 Å². The third kappa shape index (κ3) is 5.88. The molecule has 0 radical (unpaired) electrons. The number of halogens is 2. The van der Waals surface area contributed by atoms with E-state index in [9.17, 15) is 4.79 Å². The average molecular weight is 594 g/mol. The second-order valence-corrected chi connectivity index (χ2v) is 10.4. The lowest BCUT2D eigenvalue weighted by molar-refractivity contribution is 0.0982. The number of nitrogens with zero attached hydrogens (tertiary/aromatic N) is 3. The van der Waals surface area contributed by atoms with Gasteiger partial charge in [0.15, 0.2) is 11.4 Å². The molecule has 2 aromatic heterocycles. The van der Waals surface area contributed by atoms with E-state index in [1.807, 2.05) is 30.3 Å². The van der Waals surface area contributed by atoms with Gasteiger partial charge in [0.2, 0.25) is 0 Å². The molecule has 0 aliphatic heterocycles. The van der Waals surface area contributed by atoms with Crippen LogP contribution in [0.1, 0.15) is 27.9 Å². The predicted molar refractivity (Wildman–Crippen MR) is 152 cm³/mol. The molecule has 0 amide bonds. The Morgan fingerprint density at radius 1 is 1.03 bits per heavy atom. The third-order valence-electron chi connectivity index (χ3n) is 6.00. The van der Waals surface area contributed by atoms with Crippen LogP contribution < -0.4 is 5.32 Å². The maximum atomic E-state index is 12.5. The maximum absolute atomic E-state index is 12.5. The van der Waals surface area contributed by atoms with Crippen molar-refractivity contribution in [2.75, 3.05) is 5.32 Å². The zero-order chi connectivity index (χ0) is 25.8. The topological polar surface area (TPSA) is 79.5 Å². The fourth-order valence-electron chi connectivity index (χ4n) is 3.99. The fraction of sp³-hybridized carbons (Fsp3) is 0.107. The van der Waals surface area contributed by atoms with Crippen molar-refractivity contribution in [3.8, 4) is 11.3 Å². The number of ketones is 1. The summed E-state index contributed by atoms with van der Waals surface area (Å²) < 4.78 is 11.6. The van der Waals surface area contributed by atoms with E-state index < -0.39 is 0 Å². The Bertz CT molecular complexity index is 1560. The zero-order valence-electron chi connectivity index (χ0n) is 19.6. The zero-order valence-corrected chi connectivity index (χ0v) is 22.7. The molecule has 0 aliphatic rings. The van der Waals surface area contributed by atoms with Crippen LogP contribution in [0.15, 0.2) is 94.4 Å². The first kappa shape index (κ1) is 25.5. The Morgan fingerprint density at radius 2 is 1.76 bits per heavy atom. The summed E-state index contributed by atoms with van der Waals surface area (Å²) >= 11 is 10.6. The van der Waals surface area contributed by atoms with Gasteiger partial charge in [-0.05, 0) is 51.7 Å². The number of carbonyl (C=O) groups is 1. The van der Waals surface area contributed by atoms with E-state index in [1.54, 1.807) is 35.0 Å². The van der Waals surface area contributed by atoms with E-state index in [2.05, 4.69) is 50.6 Å². The van der Waals surface area contributed by atoms with Gasteiger partial charge < -0.3 is 9.87 Å². The molecular formula is C28H22BrClN4O2S. The minimum absolute atomic E-state index is 0.0849. The molecule has 6 nitrogen and oxygen atoms in total. The number of rotatable bonds is 9. The van der Waals surface area contributed by atoms with Gasteiger partial charge in [0, 0.05) is 52.1 Å². The van der Waals surface area contributed by atoms with Crippen molar-refractivity contribution in [3.05, 3.63) is 111 Å². The van der Waals surface area contributed by atoms with Crippen molar-refractivity contribution >= 4 is 56.8 Å². The van der Waals surface area contributed by atoms with E-state index >= 15 is 0 Å². The van der Waals surface area contributed by atoms with Crippen molar-refractivity contribution in [1.82, 2.24) is 14.6 Å². The van der Waals surface area contributed by atoms with Crippen LogP contribution in [0, 0.1) is 0 Å². The van der Waals surface area contributed by atoms with Gasteiger partial charge in [-0.15, -0.1) is 0 Å². The molecule has 37 heavy (non-hydrogen) atoms. The highest BCUT2D eigenvalue weighted by atomic mass is 79.9. The predicted octanol–water partition coefficient (Wildman–Crippen LogP) is 7.80. The maximum Gasteiger partial charge on any atom is 0.172 e. The molecule has 0 atom stereocenters. The monoisotopic (exact) mass is 592 g/mol. The van der Waals surface area contributed by atoms with Crippen LogP contribution in [-0.2, 0) is 13.0 Å². The molecule has 0 aliphatic carbocycles. The molecule has 0 unspecified atom stereocenters. The highest BCUT2D eigenvalue weighted by molar-refractivity contribution is 9.10. The normalized spacial score (nSPS) is 11.1. The number of hydrogen-bond donors (Lipinski definition) is 2. The summed E-state index contributed by atoms with van der Waals surface area (Å²) in [7, 11) is 0. The van der Waals surface area contributed by atoms with Crippen LogP contribution in [-0.4, -0.2) is 24.9 Å². The minimum Gasteiger partial charge on any atom is -0.366 e. The van der Waals surface area contributed by atoms with E-state index in [1.165, 1.54) is 0 Å². The molecule has 0 saturated heterocycles. The SMILES string of the molecule is O=C(CCc1ccc(CNc2cc(-c3ccccc3Cl)nc3c(Br)cnn23)cc1)c1ccc(SO)cc1. The average Bonchev–Trinajstić information content (AvgIpc) is 3.31. The highest BCUT2D eigenvalue weighted by Gasteiger charge is 2.13. The number of fused-ring (bicyclic) bond motifs is 1. The van der Waals surface area contributed by atoms with E-state index in [0.717, 1.165) is 32.7 Å². The van der Waals surface area contributed by atoms with Crippen LogP contribution in [0.5, 0.6) is 0 Å². The van der Waals surface area contributed by atoms with Crippen molar-refractivity contribution in [2.24, 2.45) is 0 Å². The number of aromatic nitrogens is 3. The summed E-state index contributed by atoms with van der Waals surface area (Å²) in [5.41, 5.74) is 5.16. The summed E-state index contributed by atoms with van der Waals surface area (Å²) in [5, 5.41) is 8.55. The second-order valence-electron chi connectivity index (χ2n) is 8.44. The molecule has 5 rings (SSSR count). The second kappa shape index (κ2) is 11.5. The lowest BCUT2D eigenvalue weighted by atomic mass is 10.0. The first-order valence-electron chi connectivity index (χ1n) is 11.6. The molecule has 0 saturated carbocycles. The largest absolute Gasteiger partial charge is 0.366 e. The Morgan fingerprint density at radius 3 is 2.49 bits per heavy atom. The van der Waals surface area contributed by atoms with Crippen molar-refractivity contribution < 1.29 is 9.35 Å². The molecule has 0 spiro atoms. The number of nitrogens with one attached hydrogen (secondary N) is 1. The quantitative estimate of drug-likeness (QED) is 0.134. The van der Waals surface area contributed by atoms with Gasteiger partial charge >= 0.3 is 0 Å². The Labute approximate surface area is 232 Å². The van der Waals surface area contributed by atoms with Gasteiger partial charge in [0.05, 0.1) is 16.4 Å². The summed E-state index contributed by atoms with van der Waals surface area (Å²) in [6.07, 6.45) is 2.81. The van der Waals surface area contributed by atoms with Gasteiger partial charge in [-0.2, -0.15) is 9.61 Å². The molecular weight excluding hydrogens is 572 g/mol. The van der Waals surface area contributed by atoms with E-state index in [4.69, 9.17) is 21.1 Å². The van der Waals surface area contributed by atoms with Gasteiger partial charge in [-0.3, -0.25) is 4.79 Å². The smallest absolute Gasteiger partial charge is 0.172 e. The number of aryl methyl sites for hydroxylation is 1. The van der Waals surface area contributed by atoms with Crippen LogP contribution in [0.3, 0.4) is 0 Å². The van der Waals surface area contributed by atoms with Crippen LogP contribution in [0.25, 0.3) is 16.9 Å². The minimum atomic E-state index is 0.0849. The van der Waals surface area contributed by atoms with Crippen molar-refractivity contribution in [1.29, 1.82) is 0 Å². The fourth-order valence-corrected chi connectivity index (χ4v) is 4.83. The lowest BCUT2D eigenvalue weighted by Gasteiger charge is -2.12. The Kier molecular flexibility index (Phi) is 7.90. The van der Waals surface area contributed by atoms with E-state index in [-0.39, 0.29) is 5.78 Å². The number of Topliss-reactive ketones (excluding diaryl/α,β-unsaturated/α-hetero) is 1. The molecule has 3 aromatic carbocycles. The third-order valence-corrected chi connectivity index (χ3v) is 7.37. The number of carbonyl (C=O) groups excluding carboxylic acids is 1. The van der Waals surface area contributed by atoms with Crippen molar-refractivity contribution in [2.45, 2.75) is 24.3 Å². The molecule has 5 aromatic rings. The van der Waals surface area contributed by atoms with Gasteiger partial charge in [-0.25, -0.2) is 4.98 Å². The number of benzene rings is 3. The number of hydrogen-bond acceptors (Lipinski definition) is 6. The highest BCUT2D eigenvalue weighted by Crippen LogP contribution is 2.30. The van der Waals surface area contributed by atoms with Gasteiger partial charge in [-0.1, -0.05) is 66.2 Å². The molecule has 9 heteroatoms. The van der Waals surface area contributed by atoms with Gasteiger partial charge in [0.25, 0.3) is 0 Å².